The smallest absolute Gasteiger partial charge is 0.155 e. The summed E-state index contributed by atoms with van der Waals surface area (Å²) in [6.45, 7) is 6.97. The van der Waals surface area contributed by atoms with Crippen LogP contribution in [0.1, 0.15) is 72.1 Å². The number of aliphatic hydroxyl groups excluding tert-OH is 1. The molecule has 4 aliphatic carbocycles. The molecular weight excluding hydrogens is 368 g/mol. The summed E-state index contributed by atoms with van der Waals surface area (Å²) in [5.74, 6) is 9.86. The third-order valence-corrected chi connectivity index (χ3v) is 9.39. The Kier molecular flexibility index (Phi) is 5.47. The normalized spacial score (nSPS) is 47.3. The number of halogens is 1. The lowest BCUT2D eigenvalue weighted by Gasteiger charge is -2.61. The van der Waals surface area contributed by atoms with Gasteiger partial charge in [0.2, 0.25) is 0 Å². The molecule has 0 unspecified atom stereocenters. The fourth-order valence-corrected chi connectivity index (χ4v) is 7.64. The van der Waals surface area contributed by atoms with Crippen molar-refractivity contribution in [2.45, 2.75) is 78.2 Å². The van der Waals surface area contributed by atoms with E-state index in [1.807, 2.05) is 6.08 Å². The summed E-state index contributed by atoms with van der Waals surface area (Å²) in [5, 5.41) is 11.4. The first kappa shape index (κ1) is 20.5. The Labute approximate surface area is 175 Å². The quantitative estimate of drug-likeness (QED) is 0.382. The van der Waals surface area contributed by atoms with Crippen molar-refractivity contribution in [2.24, 2.45) is 40.4 Å². The Morgan fingerprint density at radius 1 is 1.21 bits per heavy atom. The highest BCUT2D eigenvalue weighted by Crippen LogP contribution is 2.67. The number of rotatable bonds is 2. The maximum absolute atomic E-state index is 12.1. The maximum atomic E-state index is 12.1. The van der Waals surface area contributed by atoms with E-state index in [9.17, 15) is 9.90 Å². The number of fused-ring (bicyclic) bond motifs is 5. The van der Waals surface area contributed by atoms with Crippen LogP contribution in [0.2, 0.25) is 0 Å². The van der Waals surface area contributed by atoms with Crippen molar-refractivity contribution >= 4 is 17.4 Å². The molecule has 28 heavy (non-hydrogen) atoms. The van der Waals surface area contributed by atoms with Crippen LogP contribution in [0.5, 0.6) is 0 Å². The standard InChI is InChI=1S/C25H35ClO2/c1-16-21-15-18(27)10-12-25(21,3)20-11-13-24(2)17(7-5-4-6-14-26)8-9-19(24)22(20)23(16)28/h15-17,19-20,22-23,28H,4,6,8-14H2,1-3H3/t16-,17-,19+,20+,22+,23+,24-,25-/m1/s1. The van der Waals surface area contributed by atoms with Gasteiger partial charge in [-0.15, -0.1) is 17.5 Å². The first-order chi connectivity index (χ1) is 13.3. The lowest BCUT2D eigenvalue weighted by molar-refractivity contribution is -0.130. The first-order valence-corrected chi connectivity index (χ1v) is 11.8. The molecule has 3 saturated carbocycles. The molecule has 0 aromatic carbocycles. The van der Waals surface area contributed by atoms with Gasteiger partial charge in [-0.2, -0.15) is 0 Å². The van der Waals surface area contributed by atoms with E-state index in [-0.39, 0.29) is 28.6 Å². The van der Waals surface area contributed by atoms with Gasteiger partial charge in [-0.3, -0.25) is 4.79 Å². The molecule has 2 nitrogen and oxygen atoms in total. The van der Waals surface area contributed by atoms with Gasteiger partial charge >= 0.3 is 0 Å². The number of alkyl halides is 1. The SMILES string of the molecule is C[C@@H]1C2=CC(=O)CC[C@]2(C)[C@H]2CC[C@]3(C)[C@H](C#CCCCCl)CC[C@H]3[C@@H]2[C@H]1O. The van der Waals surface area contributed by atoms with Crippen LogP contribution in [-0.2, 0) is 4.79 Å². The summed E-state index contributed by atoms with van der Waals surface area (Å²) < 4.78 is 0. The third-order valence-electron chi connectivity index (χ3n) is 9.13. The van der Waals surface area contributed by atoms with Crippen molar-refractivity contribution < 1.29 is 9.90 Å². The number of carbonyl (C=O) groups is 1. The van der Waals surface area contributed by atoms with E-state index in [4.69, 9.17) is 11.6 Å². The minimum Gasteiger partial charge on any atom is -0.392 e. The molecule has 0 aliphatic heterocycles. The van der Waals surface area contributed by atoms with E-state index < -0.39 is 0 Å². The van der Waals surface area contributed by atoms with Crippen molar-refractivity contribution in [2.75, 3.05) is 5.88 Å². The molecule has 8 atom stereocenters. The van der Waals surface area contributed by atoms with Gasteiger partial charge in [0.15, 0.2) is 5.78 Å². The van der Waals surface area contributed by atoms with Crippen molar-refractivity contribution in [3.63, 3.8) is 0 Å². The number of hydrogen-bond donors (Lipinski definition) is 1. The predicted molar refractivity (Wildman–Crippen MR) is 114 cm³/mol. The monoisotopic (exact) mass is 402 g/mol. The Hall–Kier alpha value is -0.780. The van der Waals surface area contributed by atoms with Gasteiger partial charge in [-0.05, 0) is 73.2 Å². The van der Waals surface area contributed by atoms with Crippen molar-refractivity contribution in [1.82, 2.24) is 0 Å². The van der Waals surface area contributed by atoms with Gasteiger partial charge in [0.1, 0.15) is 0 Å². The molecule has 3 heteroatoms. The highest BCUT2D eigenvalue weighted by Gasteiger charge is 2.62. The van der Waals surface area contributed by atoms with E-state index in [2.05, 4.69) is 32.6 Å². The van der Waals surface area contributed by atoms with Crippen molar-refractivity contribution in [1.29, 1.82) is 0 Å². The van der Waals surface area contributed by atoms with Gasteiger partial charge in [-0.25, -0.2) is 0 Å². The second-order valence-corrected chi connectivity index (χ2v) is 10.7. The van der Waals surface area contributed by atoms with Crippen LogP contribution in [0, 0.1) is 52.3 Å². The summed E-state index contributed by atoms with van der Waals surface area (Å²) >= 11 is 5.80. The molecule has 0 bridgehead atoms. The molecule has 0 amide bonds. The zero-order chi connectivity index (χ0) is 20.1. The second-order valence-electron chi connectivity index (χ2n) is 10.3. The number of unbranched alkanes of at least 4 members (excludes halogenated alkanes) is 1. The highest BCUT2D eigenvalue weighted by atomic mass is 35.5. The molecule has 0 aromatic rings. The predicted octanol–water partition coefficient (Wildman–Crippen LogP) is 5.37. The number of aliphatic hydroxyl groups is 1. The molecule has 4 aliphatic rings. The van der Waals surface area contributed by atoms with Crippen LogP contribution in [0.15, 0.2) is 11.6 Å². The van der Waals surface area contributed by atoms with Gasteiger partial charge < -0.3 is 5.11 Å². The van der Waals surface area contributed by atoms with Crippen LogP contribution in [0.4, 0.5) is 0 Å². The van der Waals surface area contributed by atoms with E-state index in [0.29, 0.717) is 36.0 Å². The minimum absolute atomic E-state index is 0.0860. The number of carbonyl (C=O) groups excluding carboxylic acids is 1. The average Bonchev–Trinajstić information content (AvgIpc) is 3.01. The van der Waals surface area contributed by atoms with Gasteiger partial charge in [0.05, 0.1) is 6.10 Å². The Bertz CT molecular complexity index is 731. The number of ketones is 1. The van der Waals surface area contributed by atoms with E-state index >= 15 is 0 Å². The highest BCUT2D eigenvalue weighted by molar-refractivity contribution is 6.17. The minimum atomic E-state index is -0.331. The Morgan fingerprint density at radius 3 is 2.75 bits per heavy atom. The molecule has 3 fully saturated rings. The molecule has 0 aromatic heterocycles. The third kappa shape index (κ3) is 3.00. The van der Waals surface area contributed by atoms with Gasteiger partial charge in [-0.1, -0.05) is 32.3 Å². The van der Waals surface area contributed by atoms with Crippen LogP contribution >= 0.6 is 11.6 Å². The average molecular weight is 403 g/mol. The first-order valence-electron chi connectivity index (χ1n) is 11.3. The van der Waals surface area contributed by atoms with Gasteiger partial charge in [0.25, 0.3) is 0 Å². The van der Waals surface area contributed by atoms with Crippen LogP contribution in [-0.4, -0.2) is 22.9 Å². The van der Waals surface area contributed by atoms with E-state index in [1.165, 1.54) is 18.4 Å². The number of hydrogen-bond acceptors (Lipinski definition) is 2. The molecule has 0 saturated heterocycles. The molecule has 0 heterocycles. The summed E-state index contributed by atoms with van der Waals surface area (Å²) in [5.41, 5.74) is 1.54. The van der Waals surface area contributed by atoms with Crippen molar-refractivity contribution in [3.05, 3.63) is 11.6 Å². The zero-order valence-electron chi connectivity index (χ0n) is 17.6. The summed E-state index contributed by atoms with van der Waals surface area (Å²) in [7, 11) is 0. The van der Waals surface area contributed by atoms with Crippen molar-refractivity contribution in [3.8, 4) is 11.8 Å². The lowest BCUT2D eigenvalue weighted by Crippen LogP contribution is -2.58. The molecule has 0 spiro atoms. The summed E-state index contributed by atoms with van der Waals surface area (Å²) in [4.78, 5) is 12.1. The Morgan fingerprint density at radius 2 is 2.00 bits per heavy atom. The van der Waals surface area contributed by atoms with E-state index in [1.54, 1.807) is 0 Å². The molecule has 154 valence electrons. The lowest BCUT2D eigenvalue weighted by atomic mass is 9.44. The maximum Gasteiger partial charge on any atom is 0.155 e. The van der Waals surface area contributed by atoms with Crippen LogP contribution < -0.4 is 0 Å². The summed E-state index contributed by atoms with van der Waals surface area (Å²) in [6.07, 6.45) is 9.76. The van der Waals surface area contributed by atoms with Gasteiger partial charge in [0, 0.05) is 30.6 Å². The fourth-order valence-electron chi connectivity index (χ4n) is 7.51. The molecule has 4 rings (SSSR count). The molecular formula is C25H35ClO2. The zero-order valence-corrected chi connectivity index (χ0v) is 18.4. The van der Waals surface area contributed by atoms with Crippen LogP contribution in [0.3, 0.4) is 0 Å². The van der Waals surface area contributed by atoms with Crippen LogP contribution in [0.25, 0.3) is 0 Å². The van der Waals surface area contributed by atoms with E-state index in [0.717, 1.165) is 32.1 Å². The largest absolute Gasteiger partial charge is 0.392 e. The Balaban J connectivity index is 1.64. The second kappa shape index (κ2) is 7.48. The molecule has 1 N–H and O–H groups in total. The summed E-state index contributed by atoms with van der Waals surface area (Å²) in [6, 6.07) is 0. The molecule has 0 radical (unpaired) electrons. The fraction of sp³-hybridized carbons (Fsp3) is 0.800. The topological polar surface area (TPSA) is 37.3 Å².